The number of carbonyl (C=O) groups is 2. The minimum Gasteiger partial charge on any atom is -0.356 e. The summed E-state index contributed by atoms with van der Waals surface area (Å²) in [4.78, 5) is 22.6. The number of rotatable bonds is 7. The molecule has 0 heterocycles. The van der Waals surface area contributed by atoms with E-state index in [9.17, 15) is 9.59 Å². The molecule has 0 aliphatic heterocycles. The Hall–Kier alpha value is -1.12. The van der Waals surface area contributed by atoms with E-state index in [2.05, 4.69) is 26.1 Å². The van der Waals surface area contributed by atoms with Crippen LogP contribution in [0, 0.1) is 5.41 Å². The lowest BCUT2D eigenvalue weighted by Gasteiger charge is -2.22. The Bertz CT molecular complexity index is 267. The van der Waals surface area contributed by atoms with Gasteiger partial charge in [0.25, 0.3) is 0 Å². The number of amides is 1. The first-order valence-corrected chi connectivity index (χ1v) is 5.83. The summed E-state index contributed by atoms with van der Waals surface area (Å²) >= 11 is 0. The molecule has 0 aliphatic carbocycles. The number of hydrogen-bond acceptors (Lipinski definition) is 2. The molecule has 0 bridgehead atoms. The lowest BCUT2D eigenvalue weighted by molar-refractivity contribution is -0.124. The Balaban J connectivity index is 3.80. The zero-order valence-electron chi connectivity index (χ0n) is 10.8. The molecule has 0 saturated carbocycles. The van der Waals surface area contributed by atoms with Crippen LogP contribution in [-0.2, 0) is 9.59 Å². The van der Waals surface area contributed by atoms with Crippen LogP contribution in [0.15, 0.2) is 12.2 Å². The van der Waals surface area contributed by atoms with E-state index in [1.54, 1.807) is 13.0 Å². The number of carbonyl (C=O) groups excluding carboxylic acids is 2. The first-order valence-electron chi connectivity index (χ1n) is 5.83. The summed E-state index contributed by atoms with van der Waals surface area (Å²) in [6.07, 6.45) is 4.79. The Labute approximate surface area is 98.3 Å². The van der Waals surface area contributed by atoms with Crippen LogP contribution in [-0.4, -0.2) is 18.2 Å². The molecular weight excluding hydrogens is 202 g/mol. The maximum atomic E-state index is 11.4. The zero-order chi connectivity index (χ0) is 12.6. The first kappa shape index (κ1) is 14.9. The van der Waals surface area contributed by atoms with Crippen LogP contribution >= 0.6 is 0 Å². The minimum absolute atomic E-state index is 0.00685. The van der Waals surface area contributed by atoms with Gasteiger partial charge in [-0.1, -0.05) is 26.8 Å². The molecule has 0 aromatic heterocycles. The van der Waals surface area contributed by atoms with Crippen LogP contribution in [0.3, 0.4) is 0 Å². The number of ketones is 1. The number of nitrogens with one attached hydrogen (secondary N) is 1. The van der Waals surface area contributed by atoms with Gasteiger partial charge in [-0.05, 0) is 24.8 Å². The van der Waals surface area contributed by atoms with E-state index >= 15 is 0 Å². The predicted octanol–water partition coefficient (Wildman–Crippen LogP) is 2.46. The van der Waals surface area contributed by atoms with Crippen molar-refractivity contribution in [3.8, 4) is 0 Å². The Morgan fingerprint density at radius 3 is 2.38 bits per heavy atom. The molecule has 0 atom stereocenters. The second-order valence-corrected chi connectivity index (χ2v) is 4.76. The molecule has 3 nitrogen and oxygen atoms in total. The van der Waals surface area contributed by atoms with E-state index in [1.165, 1.54) is 6.08 Å². The van der Waals surface area contributed by atoms with Gasteiger partial charge in [0.1, 0.15) is 0 Å². The molecule has 0 spiro atoms. The minimum atomic E-state index is -0.0422. The van der Waals surface area contributed by atoms with Gasteiger partial charge in [0.2, 0.25) is 5.91 Å². The van der Waals surface area contributed by atoms with Crippen LogP contribution in [0.2, 0.25) is 0 Å². The fourth-order valence-corrected chi connectivity index (χ4v) is 1.06. The molecule has 92 valence electrons. The maximum absolute atomic E-state index is 11.4. The van der Waals surface area contributed by atoms with E-state index < -0.39 is 0 Å². The van der Waals surface area contributed by atoms with Crippen molar-refractivity contribution in [2.45, 2.75) is 47.0 Å². The second-order valence-electron chi connectivity index (χ2n) is 4.76. The van der Waals surface area contributed by atoms with E-state index in [-0.39, 0.29) is 23.5 Å². The van der Waals surface area contributed by atoms with Crippen LogP contribution in [0.25, 0.3) is 0 Å². The highest BCUT2D eigenvalue weighted by Crippen LogP contribution is 2.17. The van der Waals surface area contributed by atoms with Crippen LogP contribution in [0.5, 0.6) is 0 Å². The summed E-state index contributed by atoms with van der Waals surface area (Å²) in [5.74, 6) is -0.0354. The number of allylic oxidation sites excluding steroid dienone is 2. The summed E-state index contributed by atoms with van der Waals surface area (Å²) in [5.41, 5.74) is 0.128. The predicted molar refractivity (Wildman–Crippen MR) is 66.1 cm³/mol. The van der Waals surface area contributed by atoms with Crippen molar-refractivity contribution in [2.75, 3.05) is 6.54 Å². The lowest BCUT2D eigenvalue weighted by atomic mass is 9.90. The van der Waals surface area contributed by atoms with Crippen molar-refractivity contribution in [2.24, 2.45) is 5.41 Å². The third-order valence-electron chi connectivity index (χ3n) is 2.67. The second kappa shape index (κ2) is 7.20. The normalized spacial score (nSPS) is 11.8. The highest BCUT2D eigenvalue weighted by Gasteiger charge is 2.16. The Morgan fingerprint density at radius 1 is 1.25 bits per heavy atom. The molecule has 0 unspecified atom stereocenters. The summed E-state index contributed by atoms with van der Waals surface area (Å²) in [6, 6.07) is 0. The molecule has 0 rings (SSSR count). The summed E-state index contributed by atoms with van der Waals surface area (Å²) in [7, 11) is 0. The van der Waals surface area contributed by atoms with E-state index in [0.29, 0.717) is 13.0 Å². The molecule has 1 amide bonds. The van der Waals surface area contributed by atoms with Gasteiger partial charge in [-0.2, -0.15) is 0 Å². The van der Waals surface area contributed by atoms with Gasteiger partial charge in [-0.15, -0.1) is 0 Å². The molecule has 1 N–H and O–H groups in total. The zero-order valence-corrected chi connectivity index (χ0v) is 10.8. The van der Waals surface area contributed by atoms with Crippen LogP contribution in [0.4, 0.5) is 0 Å². The van der Waals surface area contributed by atoms with Gasteiger partial charge < -0.3 is 5.32 Å². The molecule has 16 heavy (non-hydrogen) atoms. The lowest BCUT2D eigenvalue weighted by Crippen LogP contribution is -2.33. The third kappa shape index (κ3) is 7.21. The molecule has 3 heteroatoms. The maximum Gasteiger partial charge on any atom is 0.220 e. The standard InChI is InChI=1S/C13H23NO2/c1-5-7-11(15)8-9-12(16)14-10-13(3,4)6-2/h5,7H,6,8-10H2,1-4H3,(H,14,16)/b7-5+. The fourth-order valence-electron chi connectivity index (χ4n) is 1.06. The van der Waals surface area contributed by atoms with E-state index in [1.807, 2.05) is 0 Å². The molecule has 0 saturated heterocycles. The molecule has 0 fully saturated rings. The van der Waals surface area contributed by atoms with Gasteiger partial charge >= 0.3 is 0 Å². The highest BCUT2D eigenvalue weighted by molar-refractivity contribution is 5.92. The Morgan fingerprint density at radius 2 is 1.88 bits per heavy atom. The van der Waals surface area contributed by atoms with E-state index in [4.69, 9.17) is 0 Å². The summed E-state index contributed by atoms with van der Waals surface area (Å²) < 4.78 is 0. The van der Waals surface area contributed by atoms with Crippen molar-refractivity contribution in [1.29, 1.82) is 0 Å². The monoisotopic (exact) mass is 225 g/mol. The molecule has 0 radical (unpaired) electrons. The summed E-state index contributed by atoms with van der Waals surface area (Å²) in [6.45, 7) is 8.78. The van der Waals surface area contributed by atoms with E-state index in [0.717, 1.165) is 6.42 Å². The van der Waals surface area contributed by atoms with Crippen molar-refractivity contribution < 1.29 is 9.59 Å². The average molecular weight is 225 g/mol. The van der Waals surface area contributed by atoms with Gasteiger partial charge in [-0.3, -0.25) is 9.59 Å². The third-order valence-corrected chi connectivity index (χ3v) is 2.67. The Kier molecular flexibility index (Phi) is 6.70. The van der Waals surface area contributed by atoms with Gasteiger partial charge in [0, 0.05) is 19.4 Å². The van der Waals surface area contributed by atoms with Crippen molar-refractivity contribution in [3.05, 3.63) is 12.2 Å². The quantitative estimate of drug-likeness (QED) is 0.676. The van der Waals surface area contributed by atoms with Gasteiger partial charge in [-0.25, -0.2) is 0 Å². The first-order chi connectivity index (χ1) is 7.41. The molecular formula is C13H23NO2. The largest absolute Gasteiger partial charge is 0.356 e. The number of hydrogen-bond donors (Lipinski definition) is 1. The van der Waals surface area contributed by atoms with Crippen molar-refractivity contribution >= 4 is 11.7 Å². The SMILES string of the molecule is C/C=C/C(=O)CCC(=O)NCC(C)(C)CC. The molecule has 0 aliphatic rings. The van der Waals surface area contributed by atoms with Gasteiger partial charge in [0.15, 0.2) is 5.78 Å². The van der Waals surface area contributed by atoms with Gasteiger partial charge in [0.05, 0.1) is 0 Å². The molecule has 0 aromatic rings. The average Bonchev–Trinajstić information content (AvgIpc) is 2.24. The molecule has 0 aromatic carbocycles. The topological polar surface area (TPSA) is 46.2 Å². The van der Waals surface area contributed by atoms with Crippen LogP contribution < -0.4 is 5.32 Å². The fraction of sp³-hybridized carbons (Fsp3) is 0.692. The van der Waals surface area contributed by atoms with Crippen molar-refractivity contribution in [1.82, 2.24) is 5.32 Å². The smallest absolute Gasteiger partial charge is 0.220 e. The van der Waals surface area contributed by atoms with Crippen molar-refractivity contribution in [3.63, 3.8) is 0 Å². The summed E-state index contributed by atoms with van der Waals surface area (Å²) in [5, 5.41) is 2.86. The highest BCUT2D eigenvalue weighted by atomic mass is 16.2. The van der Waals surface area contributed by atoms with Crippen LogP contribution in [0.1, 0.15) is 47.0 Å².